The van der Waals surface area contributed by atoms with Crippen molar-refractivity contribution in [1.29, 1.82) is 0 Å². The maximum absolute atomic E-state index is 13.4. The monoisotopic (exact) mass is 314 g/mol. The summed E-state index contributed by atoms with van der Waals surface area (Å²) in [6, 6.07) is 1.74. The smallest absolute Gasteiger partial charge is 0.233 e. The number of nitrogen functional groups attached to an aromatic ring is 1. The van der Waals surface area contributed by atoms with Crippen LogP contribution in [0.1, 0.15) is 0 Å². The quantitative estimate of drug-likeness (QED) is 0.762. The van der Waals surface area contributed by atoms with Gasteiger partial charge in [-0.3, -0.25) is 4.72 Å². The van der Waals surface area contributed by atoms with Crippen molar-refractivity contribution in [1.82, 2.24) is 0 Å². The molecule has 0 unspecified atom stereocenters. The summed E-state index contributed by atoms with van der Waals surface area (Å²) in [4.78, 5) is 0. The Balaban J connectivity index is 3.00. The summed E-state index contributed by atoms with van der Waals surface area (Å²) in [5.41, 5.74) is 4.30. The Labute approximate surface area is 109 Å². The summed E-state index contributed by atoms with van der Waals surface area (Å²) in [5, 5.41) is 0. The molecular formula is C9H12F2N2O4S2. The van der Waals surface area contributed by atoms with Crippen molar-refractivity contribution in [2.45, 2.75) is 0 Å². The average molecular weight is 314 g/mol. The van der Waals surface area contributed by atoms with Gasteiger partial charge >= 0.3 is 0 Å². The van der Waals surface area contributed by atoms with Gasteiger partial charge in [0.05, 0.1) is 17.2 Å². The molecule has 0 bridgehead atoms. The van der Waals surface area contributed by atoms with Crippen LogP contribution in [0.15, 0.2) is 12.1 Å². The molecule has 1 aromatic carbocycles. The third-order valence-corrected chi connectivity index (χ3v) is 4.57. The second kappa shape index (κ2) is 5.29. The third-order valence-electron chi connectivity index (χ3n) is 2.11. The van der Waals surface area contributed by atoms with Crippen LogP contribution in [-0.4, -0.2) is 34.6 Å². The molecule has 0 heterocycles. The molecule has 108 valence electrons. The molecule has 1 aromatic rings. The van der Waals surface area contributed by atoms with Crippen LogP contribution in [0, 0.1) is 11.6 Å². The number of sulfone groups is 1. The topological polar surface area (TPSA) is 106 Å². The van der Waals surface area contributed by atoms with Gasteiger partial charge in [-0.2, -0.15) is 0 Å². The third kappa shape index (κ3) is 4.63. The first kappa shape index (κ1) is 15.6. The van der Waals surface area contributed by atoms with Crippen LogP contribution in [0.5, 0.6) is 0 Å². The van der Waals surface area contributed by atoms with Gasteiger partial charge in [0.15, 0.2) is 11.6 Å². The van der Waals surface area contributed by atoms with Gasteiger partial charge in [-0.1, -0.05) is 0 Å². The number of halogens is 2. The highest BCUT2D eigenvalue weighted by Gasteiger charge is 2.19. The number of benzene rings is 1. The zero-order valence-electron chi connectivity index (χ0n) is 9.85. The molecule has 0 aliphatic rings. The number of hydrogen-bond acceptors (Lipinski definition) is 5. The summed E-state index contributed by atoms with van der Waals surface area (Å²) in [7, 11) is -7.64. The van der Waals surface area contributed by atoms with Crippen molar-refractivity contribution in [2.75, 3.05) is 28.2 Å². The molecule has 19 heavy (non-hydrogen) atoms. The number of anilines is 2. The van der Waals surface area contributed by atoms with Crippen molar-refractivity contribution in [3.63, 3.8) is 0 Å². The predicted octanol–water partition coefficient (Wildman–Crippen LogP) is 0.333. The lowest BCUT2D eigenvalue weighted by Crippen LogP contribution is -2.23. The fraction of sp³-hybridized carbons (Fsp3) is 0.333. The Morgan fingerprint density at radius 2 is 1.74 bits per heavy atom. The van der Waals surface area contributed by atoms with E-state index in [2.05, 4.69) is 0 Å². The predicted molar refractivity (Wildman–Crippen MR) is 67.9 cm³/mol. The molecule has 0 amide bonds. The van der Waals surface area contributed by atoms with Gasteiger partial charge in [-0.05, 0) is 12.1 Å². The maximum atomic E-state index is 13.4. The van der Waals surface area contributed by atoms with E-state index in [1.807, 2.05) is 0 Å². The standard InChI is InChI=1S/C9H12F2N2O4S2/c1-18(14,15)4-5-19(16,17)13-9-7(12)3-2-6(10)8(9)11/h2-3,13H,4-5,12H2,1H3. The number of nitrogens with two attached hydrogens (primary N) is 1. The first-order chi connectivity index (χ1) is 8.52. The normalized spacial score (nSPS) is 12.4. The van der Waals surface area contributed by atoms with Gasteiger partial charge in [-0.15, -0.1) is 0 Å². The summed E-state index contributed by atoms with van der Waals surface area (Å²) < 4.78 is 72.9. The Bertz CT molecular complexity index is 686. The first-order valence-electron chi connectivity index (χ1n) is 4.93. The molecule has 0 fully saturated rings. The largest absolute Gasteiger partial charge is 0.397 e. The molecule has 0 aliphatic heterocycles. The van der Waals surface area contributed by atoms with Gasteiger partial charge in [0.2, 0.25) is 10.0 Å². The number of sulfonamides is 1. The molecule has 10 heteroatoms. The van der Waals surface area contributed by atoms with Crippen LogP contribution in [-0.2, 0) is 19.9 Å². The number of rotatable bonds is 5. The van der Waals surface area contributed by atoms with Gasteiger partial charge < -0.3 is 5.73 Å². The summed E-state index contributed by atoms with van der Waals surface area (Å²) in [5.74, 6) is -4.13. The lowest BCUT2D eigenvalue weighted by atomic mass is 10.2. The van der Waals surface area contributed by atoms with Crippen molar-refractivity contribution >= 4 is 31.2 Å². The fourth-order valence-corrected chi connectivity index (χ4v) is 3.85. The lowest BCUT2D eigenvalue weighted by molar-refractivity contribution is 0.512. The molecule has 3 N–H and O–H groups in total. The fourth-order valence-electron chi connectivity index (χ4n) is 1.14. The molecule has 0 atom stereocenters. The molecule has 0 spiro atoms. The van der Waals surface area contributed by atoms with Gasteiger partial charge in [0.25, 0.3) is 0 Å². The average Bonchev–Trinajstić information content (AvgIpc) is 2.27. The molecule has 0 radical (unpaired) electrons. The van der Waals surface area contributed by atoms with Crippen LogP contribution in [0.3, 0.4) is 0 Å². The van der Waals surface area contributed by atoms with E-state index in [1.165, 1.54) is 0 Å². The van der Waals surface area contributed by atoms with Crippen LogP contribution < -0.4 is 10.5 Å². The molecular weight excluding hydrogens is 302 g/mol. The number of nitrogens with one attached hydrogen (secondary N) is 1. The van der Waals surface area contributed by atoms with Crippen LogP contribution in [0.25, 0.3) is 0 Å². The highest BCUT2D eigenvalue weighted by molar-refractivity contribution is 7.95. The Morgan fingerprint density at radius 3 is 2.26 bits per heavy atom. The Hall–Kier alpha value is -1.42. The van der Waals surface area contributed by atoms with E-state index in [9.17, 15) is 25.6 Å². The highest BCUT2D eigenvalue weighted by Crippen LogP contribution is 2.25. The van der Waals surface area contributed by atoms with Crippen molar-refractivity contribution in [2.24, 2.45) is 0 Å². The zero-order chi connectivity index (χ0) is 14.8. The Morgan fingerprint density at radius 1 is 1.16 bits per heavy atom. The van der Waals surface area contributed by atoms with Crippen LogP contribution in [0.4, 0.5) is 20.2 Å². The van der Waals surface area contributed by atoms with Crippen molar-refractivity contribution in [3.05, 3.63) is 23.8 Å². The lowest BCUT2D eigenvalue weighted by Gasteiger charge is -2.11. The minimum atomic E-state index is -4.15. The van der Waals surface area contributed by atoms with Crippen LogP contribution in [0.2, 0.25) is 0 Å². The molecule has 0 aromatic heterocycles. The molecule has 0 aliphatic carbocycles. The molecule has 0 saturated carbocycles. The second-order valence-corrected chi connectivity index (χ2v) is 7.98. The minimum Gasteiger partial charge on any atom is -0.397 e. The maximum Gasteiger partial charge on any atom is 0.233 e. The highest BCUT2D eigenvalue weighted by atomic mass is 32.2. The van der Waals surface area contributed by atoms with E-state index in [-0.39, 0.29) is 5.69 Å². The van der Waals surface area contributed by atoms with Gasteiger partial charge in [0, 0.05) is 6.26 Å². The zero-order valence-corrected chi connectivity index (χ0v) is 11.5. The summed E-state index contributed by atoms with van der Waals surface area (Å²) in [6.07, 6.45) is 0.861. The second-order valence-electron chi connectivity index (χ2n) is 3.88. The first-order valence-corrected chi connectivity index (χ1v) is 8.65. The van der Waals surface area contributed by atoms with E-state index >= 15 is 0 Å². The Kier molecular flexibility index (Phi) is 4.35. The summed E-state index contributed by atoms with van der Waals surface area (Å²) in [6.45, 7) is 0. The van der Waals surface area contributed by atoms with E-state index in [1.54, 1.807) is 4.72 Å². The van der Waals surface area contributed by atoms with E-state index in [0.29, 0.717) is 0 Å². The number of hydrogen-bond donors (Lipinski definition) is 2. The molecule has 0 saturated heterocycles. The van der Waals surface area contributed by atoms with Gasteiger partial charge in [0.1, 0.15) is 15.5 Å². The van der Waals surface area contributed by atoms with Gasteiger partial charge in [-0.25, -0.2) is 25.6 Å². The van der Waals surface area contributed by atoms with Crippen LogP contribution >= 0.6 is 0 Å². The van der Waals surface area contributed by atoms with Crippen molar-refractivity contribution < 1.29 is 25.6 Å². The minimum absolute atomic E-state index is 0.304. The summed E-state index contributed by atoms with van der Waals surface area (Å²) >= 11 is 0. The van der Waals surface area contributed by atoms with Crippen molar-refractivity contribution in [3.8, 4) is 0 Å². The van der Waals surface area contributed by atoms with E-state index in [4.69, 9.17) is 5.73 Å². The van der Waals surface area contributed by atoms with E-state index < -0.39 is 48.7 Å². The molecule has 1 rings (SSSR count). The van der Waals surface area contributed by atoms with E-state index in [0.717, 1.165) is 18.4 Å². The molecule has 6 nitrogen and oxygen atoms in total. The SMILES string of the molecule is CS(=O)(=O)CCS(=O)(=O)Nc1c(N)ccc(F)c1F.